The van der Waals surface area contributed by atoms with E-state index in [9.17, 15) is 13.2 Å². The Balaban J connectivity index is 1.48. The number of ether oxygens (including phenoxy) is 1. The highest BCUT2D eigenvalue weighted by Crippen LogP contribution is 2.31. The molecule has 1 aliphatic heterocycles. The van der Waals surface area contributed by atoms with E-state index in [0.717, 1.165) is 37.5 Å². The van der Waals surface area contributed by atoms with Crippen LogP contribution in [-0.2, 0) is 12.7 Å². The zero-order chi connectivity index (χ0) is 22.6. The van der Waals surface area contributed by atoms with E-state index in [1.165, 1.54) is 17.7 Å². The van der Waals surface area contributed by atoms with E-state index in [0.29, 0.717) is 17.3 Å². The van der Waals surface area contributed by atoms with Crippen LogP contribution in [0.4, 0.5) is 18.9 Å². The molecule has 7 heteroatoms. The van der Waals surface area contributed by atoms with E-state index >= 15 is 0 Å². The molecule has 0 amide bonds. The van der Waals surface area contributed by atoms with E-state index in [4.69, 9.17) is 16.3 Å². The van der Waals surface area contributed by atoms with Crippen molar-refractivity contribution in [1.82, 2.24) is 5.32 Å². The molecule has 0 unspecified atom stereocenters. The number of benzene rings is 3. The van der Waals surface area contributed by atoms with Gasteiger partial charge in [-0.1, -0.05) is 41.9 Å². The van der Waals surface area contributed by atoms with Gasteiger partial charge in [0, 0.05) is 42.8 Å². The van der Waals surface area contributed by atoms with Gasteiger partial charge in [-0.15, -0.1) is 0 Å². The third-order valence-electron chi connectivity index (χ3n) is 5.61. The first kappa shape index (κ1) is 22.5. The van der Waals surface area contributed by atoms with Gasteiger partial charge in [0.2, 0.25) is 0 Å². The molecule has 0 aromatic heterocycles. The molecular formula is C25H24ClF3N2O. The molecule has 2 atom stereocenters. The zero-order valence-corrected chi connectivity index (χ0v) is 18.1. The molecule has 32 heavy (non-hydrogen) atoms. The lowest BCUT2D eigenvalue weighted by Crippen LogP contribution is -2.37. The van der Waals surface area contributed by atoms with Crippen molar-refractivity contribution in [3.8, 4) is 5.75 Å². The first-order valence-electron chi connectivity index (χ1n) is 10.5. The quantitative estimate of drug-likeness (QED) is 0.465. The molecule has 4 rings (SSSR count). The van der Waals surface area contributed by atoms with Crippen LogP contribution in [0.2, 0.25) is 5.02 Å². The fourth-order valence-electron chi connectivity index (χ4n) is 3.93. The second-order valence-electron chi connectivity index (χ2n) is 7.94. The van der Waals surface area contributed by atoms with Gasteiger partial charge in [-0.2, -0.15) is 13.2 Å². The van der Waals surface area contributed by atoms with Crippen molar-refractivity contribution in [2.24, 2.45) is 5.92 Å². The summed E-state index contributed by atoms with van der Waals surface area (Å²) in [6.07, 6.45) is -4.50. The Bertz CT molecular complexity index is 994. The number of hydrogen-bond donors (Lipinski definition) is 1. The molecule has 1 N–H and O–H groups in total. The average Bonchev–Trinajstić information content (AvgIpc) is 3.21. The molecule has 1 fully saturated rings. The summed E-state index contributed by atoms with van der Waals surface area (Å²) in [6, 6.07) is 22.8. The molecule has 0 bridgehead atoms. The van der Waals surface area contributed by atoms with E-state index in [2.05, 4.69) is 22.3 Å². The van der Waals surface area contributed by atoms with Crippen LogP contribution < -0.4 is 15.0 Å². The van der Waals surface area contributed by atoms with Gasteiger partial charge in [-0.05, 0) is 54.1 Å². The Hall–Kier alpha value is -2.70. The number of nitrogens with one attached hydrogen (secondary N) is 1. The van der Waals surface area contributed by atoms with Crippen LogP contribution in [0, 0.1) is 5.92 Å². The number of nitrogens with zero attached hydrogens (tertiary/aromatic N) is 1. The van der Waals surface area contributed by atoms with Crippen LogP contribution >= 0.6 is 11.6 Å². The predicted molar refractivity (Wildman–Crippen MR) is 121 cm³/mol. The minimum atomic E-state index is -4.35. The van der Waals surface area contributed by atoms with Crippen molar-refractivity contribution < 1.29 is 17.9 Å². The molecule has 1 aliphatic rings. The van der Waals surface area contributed by atoms with Gasteiger partial charge in [-0.25, -0.2) is 0 Å². The number of hydrogen-bond acceptors (Lipinski definition) is 3. The lowest BCUT2D eigenvalue weighted by molar-refractivity contribution is -0.137. The largest absolute Gasteiger partial charge is 0.489 e. The van der Waals surface area contributed by atoms with Gasteiger partial charge < -0.3 is 15.0 Å². The fraction of sp³-hybridized carbons (Fsp3) is 0.280. The number of alkyl halides is 3. The van der Waals surface area contributed by atoms with Gasteiger partial charge in [-0.3, -0.25) is 0 Å². The van der Waals surface area contributed by atoms with Crippen molar-refractivity contribution >= 4 is 17.3 Å². The molecule has 168 valence electrons. The Morgan fingerprint density at radius 2 is 1.59 bits per heavy atom. The minimum absolute atomic E-state index is 0.141. The molecule has 1 saturated heterocycles. The first-order valence-corrected chi connectivity index (χ1v) is 10.9. The van der Waals surface area contributed by atoms with Gasteiger partial charge >= 0.3 is 6.18 Å². The van der Waals surface area contributed by atoms with Gasteiger partial charge in [0.1, 0.15) is 11.9 Å². The molecule has 0 saturated carbocycles. The van der Waals surface area contributed by atoms with Crippen LogP contribution in [0.1, 0.15) is 11.1 Å². The summed E-state index contributed by atoms with van der Waals surface area (Å²) < 4.78 is 44.6. The van der Waals surface area contributed by atoms with Crippen molar-refractivity contribution in [3.05, 3.63) is 95.0 Å². The smallest absolute Gasteiger partial charge is 0.416 e. The molecule has 0 aliphatic carbocycles. The van der Waals surface area contributed by atoms with Gasteiger partial charge in [0.25, 0.3) is 0 Å². The highest BCUT2D eigenvalue weighted by Gasteiger charge is 2.32. The summed E-state index contributed by atoms with van der Waals surface area (Å²) in [5.74, 6) is 0.606. The number of halogens is 4. The Kier molecular flexibility index (Phi) is 6.92. The predicted octanol–water partition coefficient (Wildman–Crippen LogP) is 6.03. The van der Waals surface area contributed by atoms with Gasteiger partial charge in [0.15, 0.2) is 0 Å². The minimum Gasteiger partial charge on any atom is -0.489 e. The van der Waals surface area contributed by atoms with Crippen molar-refractivity contribution in [3.63, 3.8) is 0 Å². The Labute approximate surface area is 190 Å². The fourth-order valence-corrected chi connectivity index (χ4v) is 4.05. The maximum absolute atomic E-state index is 12.8. The molecule has 3 aromatic rings. The maximum Gasteiger partial charge on any atom is 0.416 e. The molecular weight excluding hydrogens is 437 g/mol. The molecule has 3 nitrogen and oxygen atoms in total. The van der Waals surface area contributed by atoms with Crippen LogP contribution in [-0.4, -0.2) is 25.7 Å². The Morgan fingerprint density at radius 1 is 0.906 bits per heavy atom. The highest BCUT2D eigenvalue weighted by atomic mass is 35.5. The van der Waals surface area contributed by atoms with E-state index in [-0.39, 0.29) is 12.0 Å². The van der Waals surface area contributed by atoms with Crippen molar-refractivity contribution in [2.75, 3.05) is 24.5 Å². The number of rotatable bonds is 7. The first-order chi connectivity index (χ1) is 15.4. The average molecular weight is 461 g/mol. The second kappa shape index (κ2) is 9.84. The maximum atomic E-state index is 12.8. The normalized spacial score (nSPS) is 18.5. The lowest BCUT2D eigenvalue weighted by atomic mass is 10.0. The van der Waals surface area contributed by atoms with Crippen LogP contribution in [0.15, 0.2) is 78.9 Å². The lowest BCUT2D eigenvalue weighted by Gasteiger charge is -2.30. The summed E-state index contributed by atoms with van der Waals surface area (Å²) in [6.45, 7) is 2.87. The SMILES string of the molecule is FC(F)(F)c1ccc(O[C@@H]2CNC[C@H]2CN(Cc2ccccc2)c2ccc(Cl)cc2)cc1. The third-order valence-corrected chi connectivity index (χ3v) is 5.86. The highest BCUT2D eigenvalue weighted by molar-refractivity contribution is 6.30. The molecule has 0 spiro atoms. The van der Waals surface area contributed by atoms with Crippen LogP contribution in [0.25, 0.3) is 0 Å². The molecule has 3 aromatic carbocycles. The topological polar surface area (TPSA) is 24.5 Å². The Morgan fingerprint density at radius 3 is 2.25 bits per heavy atom. The van der Waals surface area contributed by atoms with E-state index < -0.39 is 11.7 Å². The summed E-state index contributed by atoms with van der Waals surface area (Å²) >= 11 is 6.08. The van der Waals surface area contributed by atoms with Crippen molar-refractivity contribution in [1.29, 1.82) is 0 Å². The standard InChI is InChI=1S/C25H24ClF3N2O/c26-21-8-10-22(11-9-21)31(16-18-4-2-1-3-5-18)17-19-14-30-15-24(19)32-23-12-6-20(7-13-23)25(27,28)29/h1-13,19,24,30H,14-17H2/t19-,24+/m0/s1. The van der Waals surface area contributed by atoms with E-state index in [1.54, 1.807) is 0 Å². The van der Waals surface area contributed by atoms with Crippen molar-refractivity contribution in [2.45, 2.75) is 18.8 Å². The third kappa shape index (κ3) is 5.75. The number of anilines is 1. The summed E-state index contributed by atoms with van der Waals surface area (Å²) in [4.78, 5) is 2.28. The summed E-state index contributed by atoms with van der Waals surface area (Å²) in [5.41, 5.74) is 1.56. The molecule has 0 radical (unpaired) electrons. The van der Waals surface area contributed by atoms with E-state index in [1.807, 2.05) is 42.5 Å². The molecule has 1 heterocycles. The zero-order valence-electron chi connectivity index (χ0n) is 17.4. The second-order valence-corrected chi connectivity index (χ2v) is 8.38. The summed E-state index contributed by atoms with van der Waals surface area (Å²) in [7, 11) is 0. The van der Waals surface area contributed by atoms with Crippen LogP contribution in [0.3, 0.4) is 0 Å². The van der Waals surface area contributed by atoms with Gasteiger partial charge in [0.05, 0.1) is 5.56 Å². The summed E-state index contributed by atoms with van der Waals surface area (Å²) in [5, 5.41) is 4.04. The monoisotopic (exact) mass is 460 g/mol. The van der Waals surface area contributed by atoms with Crippen LogP contribution in [0.5, 0.6) is 5.75 Å².